The Balaban J connectivity index is 0.00000441. The molecule has 1 heterocycles. The molecule has 0 unspecified atom stereocenters. The molecule has 0 aliphatic rings. The normalized spacial score (nSPS) is 10.8. The van der Waals surface area contributed by atoms with Gasteiger partial charge < -0.3 is 20.1 Å². The topological polar surface area (TPSA) is 67.8 Å². The molecule has 7 heteroatoms. The van der Waals surface area contributed by atoms with Crippen LogP contribution in [-0.4, -0.2) is 44.9 Å². The van der Waals surface area contributed by atoms with E-state index in [2.05, 4.69) is 20.6 Å². The first kappa shape index (κ1) is 20.9. The summed E-state index contributed by atoms with van der Waals surface area (Å²) in [5.74, 6) is 1.41. The quantitative estimate of drug-likeness (QED) is 0.277. The van der Waals surface area contributed by atoms with E-state index < -0.39 is 0 Å². The molecule has 0 aliphatic heterocycles. The minimum absolute atomic E-state index is 0. The number of unbranched alkanes of at least 4 members (excludes halogenated alkanes) is 1. The van der Waals surface area contributed by atoms with Gasteiger partial charge in [0.2, 0.25) is 5.88 Å². The molecule has 0 atom stereocenters. The van der Waals surface area contributed by atoms with Crippen LogP contribution in [0, 0.1) is 0 Å². The summed E-state index contributed by atoms with van der Waals surface area (Å²) < 4.78 is 10.3. The van der Waals surface area contributed by atoms with Crippen LogP contribution in [0.25, 0.3) is 0 Å². The zero-order valence-corrected chi connectivity index (χ0v) is 15.9. The minimum Gasteiger partial charge on any atom is -0.481 e. The molecule has 0 spiro atoms. The number of guanidine groups is 1. The van der Waals surface area contributed by atoms with Crippen molar-refractivity contribution in [2.24, 2.45) is 4.99 Å². The number of methoxy groups -OCH3 is 1. The molecule has 0 fully saturated rings. The first-order valence-corrected chi connectivity index (χ1v) is 7.31. The molecule has 1 aromatic rings. The van der Waals surface area contributed by atoms with Gasteiger partial charge in [-0.2, -0.15) is 0 Å². The van der Waals surface area contributed by atoms with Crippen molar-refractivity contribution in [3.05, 3.63) is 23.9 Å². The second-order valence-electron chi connectivity index (χ2n) is 4.47. The molecule has 2 N–H and O–H groups in total. The number of hydrogen-bond acceptors (Lipinski definition) is 4. The highest BCUT2D eigenvalue weighted by molar-refractivity contribution is 14.0. The second kappa shape index (κ2) is 13.6. The number of hydrogen-bond donors (Lipinski definition) is 2. The Kier molecular flexibility index (Phi) is 12.9. The van der Waals surface area contributed by atoms with Crippen LogP contribution in [0.4, 0.5) is 0 Å². The third-order valence-corrected chi connectivity index (χ3v) is 2.90. The molecule has 0 radical (unpaired) electrons. The van der Waals surface area contributed by atoms with Crippen molar-refractivity contribution >= 4 is 29.9 Å². The number of rotatable bonds is 9. The van der Waals surface area contributed by atoms with Crippen LogP contribution in [0.15, 0.2) is 23.3 Å². The van der Waals surface area contributed by atoms with Crippen molar-refractivity contribution in [3.63, 3.8) is 0 Å². The monoisotopic (exact) mass is 422 g/mol. The third kappa shape index (κ3) is 9.04. The maximum absolute atomic E-state index is 5.30. The molecule has 1 aromatic heterocycles. The van der Waals surface area contributed by atoms with E-state index in [4.69, 9.17) is 9.47 Å². The largest absolute Gasteiger partial charge is 0.481 e. The molecule has 0 aliphatic carbocycles. The van der Waals surface area contributed by atoms with Crippen LogP contribution in [0.1, 0.15) is 25.3 Å². The van der Waals surface area contributed by atoms with E-state index >= 15 is 0 Å². The zero-order chi connectivity index (χ0) is 15.3. The van der Waals surface area contributed by atoms with Crippen molar-refractivity contribution in [3.8, 4) is 5.88 Å². The summed E-state index contributed by atoms with van der Waals surface area (Å²) in [5, 5.41) is 6.53. The van der Waals surface area contributed by atoms with Gasteiger partial charge in [0.1, 0.15) is 0 Å². The first-order valence-electron chi connectivity index (χ1n) is 7.31. The summed E-state index contributed by atoms with van der Waals surface area (Å²) in [6, 6.07) is 3.83. The fourth-order valence-corrected chi connectivity index (χ4v) is 1.72. The zero-order valence-electron chi connectivity index (χ0n) is 13.6. The van der Waals surface area contributed by atoms with E-state index in [9.17, 15) is 0 Å². The Labute approximate surface area is 150 Å². The summed E-state index contributed by atoms with van der Waals surface area (Å²) >= 11 is 0. The Hall–Kier alpha value is -1.09. The van der Waals surface area contributed by atoms with Gasteiger partial charge in [0.25, 0.3) is 0 Å². The standard InChI is InChI=1S/C15H26N4O2.HI/c1-4-21-10-6-5-9-17-15(16-2)19-12-13-7-8-14(20-3)18-11-13;/h7-8,11H,4-6,9-10,12H2,1-3H3,(H2,16,17,19);1H. The van der Waals surface area contributed by atoms with Gasteiger partial charge in [-0.3, -0.25) is 4.99 Å². The van der Waals surface area contributed by atoms with Gasteiger partial charge in [0.05, 0.1) is 7.11 Å². The molecule has 0 amide bonds. The lowest BCUT2D eigenvalue weighted by atomic mass is 10.3. The lowest BCUT2D eigenvalue weighted by Gasteiger charge is -2.12. The number of pyridine rings is 1. The molecule has 126 valence electrons. The number of nitrogens with zero attached hydrogens (tertiary/aromatic N) is 2. The molecular weight excluding hydrogens is 395 g/mol. The smallest absolute Gasteiger partial charge is 0.212 e. The highest BCUT2D eigenvalue weighted by atomic mass is 127. The summed E-state index contributed by atoms with van der Waals surface area (Å²) in [5.41, 5.74) is 1.08. The third-order valence-electron chi connectivity index (χ3n) is 2.90. The fraction of sp³-hybridized carbons (Fsp3) is 0.600. The average molecular weight is 422 g/mol. The SMILES string of the molecule is CCOCCCCNC(=NC)NCc1ccc(OC)nc1.I. The molecule has 0 aromatic carbocycles. The van der Waals surface area contributed by atoms with E-state index in [1.54, 1.807) is 20.4 Å². The van der Waals surface area contributed by atoms with E-state index in [0.29, 0.717) is 12.4 Å². The summed E-state index contributed by atoms with van der Waals surface area (Å²) in [4.78, 5) is 8.36. The maximum atomic E-state index is 5.30. The Morgan fingerprint density at radius 3 is 2.68 bits per heavy atom. The predicted molar refractivity (Wildman–Crippen MR) is 100 cm³/mol. The predicted octanol–water partition coefficient (Wildman–Crippen LogP) is 2.19. The molecular formula is C15H27IN4O2. The molecule has 0 bridgehead atoms. The van der Waals surface area contributed by atoms with Gasteiger partial charge >= 0.3 is 0 Å². The number of nitrogens with one attached hydrogen (secondary N) is 2. The lowest BCUT2D eigenvalue weighted by Crippen LogP contribution is -2.37. The molecule has 0 saturated carbocycles. The summed E-state index contributed by atoms with van der Waals surface area (Å²) in [7, 11) is 3.37. The highest BCUT2D eigenvalue weighted by Crippen LogP contribution is 2.05. The van der Waals surface area contributed by atoms with E-state index in [1.807, 2.05) is 19.1 Å². The van der Waals surface area contributed by atoms with Crippen molar-refractivity contribution < 1.29 is 9.47 Å². The van der Waals surface area contributed by atoms with Crippen LogP contribution in [-0.2, 0) is 11.3 Å². The van der Waals surface area contributed by atoms with Crippen molar-refractivity contribution in [2.75, 3.05) is 33.9 Å². The van der Waals surface area contributed by atoms with Gasteiger partial charge in [-0.15, -0.1) is 24.0 Å². The average Bonchev–Trinajstić information content (AvgIpc) is 2.54. The second-order valence-corrected chi connectivity index (χ2v) is 4.47. The summed E-state index contributed by atoms with van der Waals surface area (Å²) in [6.07, 6.45) is 3.91. The lowest BCUT2D eigenvalue weighted by molar-refractivity contribution is 0.143. The van der Waals surface area contributed by atoms with Crippen LogP contribution in [0.5, 0.6) is 5.88 Å². The van der Waals surface area contributed by atoms with Crippen LogP contribution in [0.2, 0.25) is 0 Å². The van der Waals surface area contributed by atoms with Gasteiger partial charge in [-0.05, 0) is 25.3 Å². The maximum Gasteiger partial charge on any atom is 0.212 e. The van der Waals surface area contributed by atoms with E-state index in [0.717, 1.165) is 44.1 Å². The minimum atomic E-state index is 0. The Morgan fingerprint density at radius 2 is 2.09 bits per heavy atom. The molecule has 6 nitrogen and oxygen atoms in total. The molecule has 0 saturated heterocycles. The Morgan fingerprint density at radius 1 is 1.27 bits per heavy atom. The molecule has 1 rings (SSSR count). The van der Waals surface area contributed by atoms with Crippen molar-refractivity contribution in [1.82, 2.24) is 15.6 Å². The molecule has 22 heavy (non-hydrogen) atoms. The van der Waals surface area contributed by atoms with Gasteiger partial charge in [0.15, 0.2) is 5.96 Å². The summed E-state index contributed by atoms with van der Waals surface area (Å²) in [6.45, 7) is 5.18. The highest BCUT2D eigenvalue weighted by Gasteiger charge is 1.99. The first-order chi connectivity index (χ1) is 10.3. The number of ether oxygens (including phenoxy) is 2. The van der Waals surface area contributed by atoms with Crippen LogP contribution < -0.4 is 15.4 Å². The van der Waals surface area contributed by atoms with Crippen LogP contribution in [0.3, 0.4) is 0 Å². The van der Waals surface area contributed by atoms with Gasteiger partial charge in [-0.1, -0.05) is 6.07 Å². The van der Waals surface area contributed by atoms with Crippen LogP contribution >= 0.6 is 24.0 Å². The van der Waals surface area contributed by atoms with E-state index in [-0.39, 0.29) is 24.0 Å². The van der Waals surface area contributed by atoms with Gasteiger partial charge in [-0.25, -0.2) is 4.98 Å². The number of halogens is 1. The Bertz CT molecular complexity index is 413. The number of aliphatic imine (C=N–C) groups is 1. The fourth-order valence-electron chi connectivity index (χ4n) is 1.72. The van der Waals surface area contributed by atoms with E-state index in [1.165, 1.54) is 0 Å². The van der Waals surface area contributed by atoms with Gasteiger partial charge in [0, 0.05) is 45.6 Å². The van der Waals surface area contributed by atoms with Crippen molar-refractivity contribution in [2.45, 2.75) is 26.3 Å². The van der Waals surface area contributed by atoms with Crippen molar-refractivity contribution in [1.29, 1.82) is 0 Å². The number of aromatic nitrogens is 1.